The first-order valence-electron chi connectivity index (χ1n) is 6.27. The molecule has 0 radical (unpaired) electrons. The highest BCUT2D eigenvalue weighted by atomic mass is 16.5. The average Bonchev–Trinajstić information content (AvgIpc) is 2.28. The first kappa shape index (κ1) is 12.7. The van der Waals surface area contributed by atoms with Gasteiger partial charge in [-0.15, -0.1) is 0 Å². The summed E-state index contributed by atoms with van der Waals surface area (Å²) in [6.07, 6.45) is 0. The van der Waals surface area contributed by atoms with Crippen LogP contribution in [0.5, 0.6) is 5.75 Å². The second kappa shape index (κ2) is 4.52. The summed E-state index contributed by atoms with van der Waals surface area (Å²) >= 11 is 0. The van der Waals surface area contributed by atoms with Crippen LogP contribution in [0, 0.1) is 0 Å². The normalized spacial score (nSPS) is 15.1. The molecule has 0 saturated heterocycles. The van der Waals surface area contributed by atoms with Crippen LogP contribution in [0.3, 0.4) is 0 Å². The molecule has 1 aliphatic rings. The van der Waals surface area contributed by atoms with Crippen molar-refractivity contribution in [1.82, 2.24) is 0 Å². The molecule has 0 fully saturated rings. The zero-order chi connectivity index (χ0) is 13.3. The van der Waals surface area contributed by atoms with Gasteiger partial charge in [0.25, 0.3) is 0 Å². The van der Waals surface area contributed by atoms with E-state index in [0.29, 0.717) is 13.2 Å². The maximum atomic E-state index is 11.8. The Morgan fingerprint density at radius 3 is 2.72 bits per heavy atom. The van der Waals surface area contributed by atoms with Crippen molar-refractivity contribution >= 4 is 17.3 Å². The Morgan fingerprint density at radius 1 is 1.39 bits per heavy atom. The standard InChI is InChI=1S/C14H20N2O2/c1-5-18-11-8-6-7-10-13(11)15-12(17)9-16(10)14(2,3)4/h6-8H,5,9H2,1-4H3,(H,15,17). The van der Waals surface area contributed by atoms with Crippen LogP contribution in [-0.2, 0) is 4.79 Å². The van der Waals surface area contributed by atoms with Gasteiger partial charge >= 0.3 is 0 Å². The molecule has 0 spiro atoms. The highest BCUT2D eigenvalue weighted by Crippen LogP contribution is 2.40. The van der Waals surface area contributed by atoms with Crippen molar-refractivity contribution in [1.29, 1.82) is 0 Å². The minimum absolute atomic E-state index is 0.00424. The number of nitrogens with zero attached hydrogens (tertiary/aromatic N) is 1. The summed E-state index contributed by atoms with van der Waals surface area (Å²) in [6.45, 7) is 9.20. The molecule has 4 heteroatoms. The van der Waals surface area contributed by atoms with Gasteiger partial charge in [0.1, 0.15) is 11.4 Å². The topological polar surface area (TPSA) is 41.6 Å². The number of hydrogen-bond donors (Lipinski definition) is 1. The summed E-state index contributed by atoms with van der Waals surface area (Å²) in [5.74, 6) is 0.738. The van der Waals surface area contributed by atoms with Crippen molar-refractivity contribution in [2.45, 2.75) is 33.2 Å². The number of rotatable bonds is 2. The number of para-hydroxylation sites is 1. The zero-order valence-electron chi connectivity index (χ0n) is 11.4. The number of ether oxygens (including phenoxy) is 1. The summed E-state index contributed by atoms with van der Waals surface area (Å²) in [5, 5.41) is 2.91. The van der Waals surface area contributed by atoms with E-state index in [2.05, 4.69) is 31.0 Å². The van der Waals surface area contributed by atoms with Gasteiger partial charge in [-0.05, 0) is 39.8 Å². The predicted octanol–water partition coefficient (Wildman–Crippen LogP) is 2.64. The number of anilines is 2. The lowest BCUT2D eigenvalue weighted by Crippen LogP contribution is -2.49. The molecule has 0 atom stereocenters. The number of carbonyl (C=O) groups is 1. The Bertz CT molecular complexity index is 463. The minimum Gasteiger partial charge on any atom is -0.492 e. The zero-order valence-corrected chi connectivity index (χ0v) is 11.4. The second-order valence-corrected chi connectivity index (χ2v) is 5.39. The maximum Gasteiger partial charge on any atom is 0.244 e. The van der Waals surface area contributed by atoms with Crippen LogP contribution in [0.15, 0.2) is 18.2 Å². The van der Waals surface area contributed by atoms with E-state index >= 15 is 0 Å². The number of hydrogen-bond acceptors (Lipinski definition) is 3. The summed E-state index contributed by atoms with van der Waals surface area (Å²) < 4.78 is 5.57. The van der Waals surface area contributed by atoms with Gasteiger partial charge in [-0.1, -0.05) is 6.07 Å². The molecule has 0 unspecified atom stereocenters. The monoisotopic (exact) mass is 248 g/mol. The third kappa shape index (κ3) is 2.28. The van der Waals surface area contributed by atoms with Crippen LogP contribution in [0.2, 0.25) is 0 Å². The fourth-order valence-corrected chi connectivity index (χ4v) is 2.15. The van der Waals surface area contributed by atoms with Crippen LogP contribution in [0.4, 0.5) is 11.4 Å². The van der Waals surface area contributed by atoms with Gasteiger partial charge in [-0.2, -0.15) is 0 Å². The number of carbonyl (C=O) groups excluding carboxylic acids is 1. The molecule has 1 aromatic carbocycles. The van der Waals surface area contributed by atoms with Gasteiger partial charge in [0.05, 0.1) is 18.8 Å². The van der Waals surface area contributed by atoms with Gasteiger partial charge in [0.15, 0.2) is 0 Å². The molecule has 18 heavy (non-hydrogen) atoms. The van der Waals surface area contributed by atoms with E-state index in [-0.39, 0.29) is 11.4 Å². The lowest BCUT2D eigenvalue weighted by atomic mass is 10.0. The van der Waals surface area contributed by atoms with Crippen LogP contribution in [0.25, 0.3) is 0 Å². The van der Waals surface area contributed by atoms with Crippen LogP contribution < -0.4 is 15.0 Å². The lowest BCUT2D eigenvalue weighted by Gasteiger charge is -2.41. The van der Waals surface area contributed by atoms with Crippen LogP contribution in [-0.4, -0.2) is 24.6 Å². The van der Waals surface area contributed by atoms with E-state index in [0.717, 1.165) is 17.1 Å². The maximum absolute atomic E-state index is 11.8. The third-order valence-electron chi connectivity index (χ3n) is 2.97. The Hall–Kier alpha value is -1.71. The van der Waals surface area contributed by atoms with Crippen molar-refractivity contribution in [3.8, 4) is 5.75 Å². The molecular weight excluding hydrogens is 228 g/mol. The van der Waals surface area contributed by atoms with Gasteiger partial charge < -0.3 is 15.0 Å². The van der Waals surface area contributed by atoms with Crippen molar-refractivity contribution in [2.75, 3.05) is 23.4 Å². The fourth-order valence-electron chi connectivity index (χ4n) is 2.15. The molecule has 98 valence electrons. The molecule has 1 amide bonds. The number of benzene rings is 1. The molecule has 1 aliphatic heterocycles. The molecule has 0 bridgehead atoms. The molecule has 0 aliphatic carbocycles. The number of fused-ring (bicyclic) bond motifs is 1. The molecule has 2 rings (SSSR count). The number of amides is 1. The third-order valence-corrected chi connectivity index (χ3v) is 2.97. The van der Waals surface area contributed by atoms with Crippen molar-refractivity contribution < 1.29 is 9.53 Å². The predicted molar refractivity (Wildman–Crippen MR) is 73.3 cm³/mol. The summed E-state index contributed by atoms with van der Waals surface area (Å²) in [6, 6.07) is 5.86. The van der Waals surface area contributed by atoms with E-state index in [1.54, 1.807) is 0 Å². The van der Waals surface area contributed by atoms with E-state index in [1.165, 1.54) is 0 Å². The van der Waals surface area contributed by atoms with E-state index in [1.807, 2.05) is 25.1 Å². The van der Waals surface area contributed by atoms with Gasteiger partial charge in [0, 0.05) is 5.54 Å². The Labute approximate surface area is 108 Å². The largest absolute Gasteiger partial charge is 0.492 e. The van der Waals surface area contributed by atoms with E-state index in [9.17, 15) is 4.79 Å². The van der Waals surface area contributed by atoms with Gasteiger partial charge in [-0.3, -0.25) is 4.79 Å². The second-order valence-electron chi connectivity index (χ2n) is 5.39. The molecule has 0 aromatic heterocycles. The minimum atomic E-state index is -0.0999. The number of nitrogens with one attached hydrogen (secondary N) is 1. The average molecular weight is 248 g/mol. The van der Waals surface area contributed by atoms with Gasteiger partial charge in [0.2, 0.25) is 5.91 Å². The van der Waals surface area contributed by atoms with Gasteiger partial charge in [-0.25, -0.2) is 0 Å². The Balaban J connectivity index is 2.50. The first-order chi connectivity index (χ1) is 8.43. The molecular formula is C14H20N2O2. The lowest BCUT2D eigenvalue weighted by molar-refractivity contribution is -0.115. The molecule has 1 N–H and O–H groups in total. The Morgan fingerprint density at radius 2 is 2.11 bits per heavy atom. The highest BCUT2D eigenvalue weighted by molar-refractivity contribution is 6.03. The van der Waals surface area contributed by atoms with Crippen molar-refractivity contribution in [3.05, 3.63) is 18.2 Å². The molecule has 1 aromatic rings. The summed E-state index contributed by atoms with van der Waals surface area (Å²) in [5.41, 5.74) is 1.70. The molecule has 1 heterocycles. The molecule has 4 nitrogen and oxygen atoms in total. The van der Waals surface area contributed by atoms with E-state index in [4.69, 9.17) is 4.74 Å². The van der Waals surface area contributed by atoms with Crippen LogP contribution >= 0.6 is 0 Å². The van der Waals surface area contributed by atoms with E-state index < -0.39 is 0 Å². The quantitative estimate of drug-likeness (QED) is 0.874. The first-order valence-corrected chi connectivity index (χ1v) is 6.27. The Kier molecular flexibility index (Phi) is 3.20. The summed E-state index contributed by atoms with van der Waals surface area (Å²) in [4.78, 5) is 13.9. The smallest absolute Gasteiger partial charge is 0.244 e. The fraction of sp³-hybridized carbons (Fsp3) is 0.500. The summed E-state index contributed by atoms with van der Waals surface area (Å²) in [7, 11) is 0. The van der Waals surface area contributed by atoms with Crippen LogP contribution in [0.1, 0.15) is 27.7 Å². The SMILES string of the molecule is CCOc1cccc2c1NC(=O)CN2C(C)(C)C. The molecule has 0 saturated carbocycles. The van der Waals surface area contributed by atoms with Crippen molar-refractivity contribution in [3.63, 3.8) is 0 Å². The highest BCUT2D eigenvalue weighted by Gasteiger charge is 2.31. The van der Waals surface area contributed by atoms with Crippen molar-refractivity contribution in [2.24, 2.45) is 0 Å².